The Morgan fingerprint density at radius 3 is 2.66 bits per heavy atom. The molecule has 0 bridgehead atoms. The van der Waals surface area contributed by atoms with E-state index in [2.05, 4.69) is 67.6 Å². The van der Waals surface area contributed by atoms with Crippen LogP contribution in [0.2, 0.25) is 5.02 Å². The fraction of sp³-hybridized carbons (Fsp3) is 0.273. The first-order valence-corrected chi connectivity index (χ1v) is 14.5. The topological polar surface area (TPSA) is 50.2 Å². The molecule has 5 heteroatoms. The number of fused-ring (bicyclic) bond motifs is 1. The van der Waals surface area contributed by atoms with Gasteiger partial charge in [-0.1, -0.05) is 78.3 Å². The lowest BCUT2D eigenvalue weighted by Gasteiger charge is -2.21. The number of aryl methyl sites for hydroxylation is 2. The molecule has 1 saturated carbocycles. The molecule has 1 atom stereocenters. The standard InChI is InChI=1S/C33H32ClNO2S/c1-23-5-2-3-7-25(23)12-16-31(38-22-33(17-18-33)21-32(36)37)27-8-4-6-24(19-27)9-14-29-15-11-26-10-13-28(34)20-30(26)35-29/h2-11,13-15,19-20,31H,12,16-18,21-22H2,1H3,(H,36,37)/b14-9+. The van der Waals surface area contributed by atoms with E-state index in [1.54, 1.807) is 0 Å². The van der Waals surface area contributed by atoms with Gasteiger partial charge in [0.15, 0.2) is 0 Å². The third-order valence-electron chi connectivity index (χ3n) is 7.42. The summed E-state index contributed by atoms with van der Waals surface area (Å²) >= 11 is 8.08. The minimum absolute atomic E-state index is 0.0282. The molecule has 1 fully saturated rings. The largest absolute Gasteiger partial charge is 0.481 e. The highest BCUT2D eigenvalue weighted by Crippen LogP contribution is 2.53. The Labute approximate surface area is 234 Å². The summed E-state index contributed by atoms with van der Waals surface area (Å²) in [6.07, 6.45) is 8.47. The molecule has 0 saturated heterocycles. The van der Waals surface area contributed by atoms with Gasteiger partial charge >= 0.3 is 5.97 Å². The zero-order valence-electron chi connectivity index (χ0n) is 21.6. The third kappa shape index (κ3) is 6.86. The third-order valence-corrected chi connectivity index (χ3v) is 9.34. The van der Waals surface area contributed by atoms with Crippen LogP contribution in [0.1, 0.15) is 58.9 Å². The first kappa shape index (κ1) is 26.5. The van der Waals surface area contributed by atoms with Crippen molar-refractivity contribution >= 4 is 52.4 Å². The Bertz CT molecular complexity index is 1480. The summed E-state index contributed by atoms with van der Waals surface area (Å²) in [5.41, 5.74) is 6.86. The first-order valence-electron chi connectivity index (χ1n) is 13.1. The number of carboxylic acid groups (broad SMARTS) is 1. The minimum Gasteiger partial charge on any atom is -0.481 e. The molecular weight excluding hydrogens is 510 g/mol. The fourth-order valence-corrected chi connectivity index (χ4v) is 6.65. The van der Waals surface area contributed by atoms with Crippen molar-refractivity contribution in [2.45, 2.75) is 44.3 Å². The molecule has 3 nitrogen and oxygen atoms in total. The van der Waals surface area contributed by atoms with E-state index in [1.165, 1.54) is 16.7 Å². The smallest absolute Gasteiger partial charge is 0.303 e. The molecule has 0 spiro atoms. The highest BCUT2D eigenvalue weighted by molar-refractivity contribution is 7.99. The monoisotopic (exact) mass is 541 g/mol. The molecule has 1 aromatic heterocycles. The molecule has 1 aliphatic carbocycles. The van der Waals surface area contributed by atoms with Crippen LogP contribution in [-0.2, 0) is 11.2 Å². The van der Waals surface area contributed by atoms with Gasteiger partial charge in [-0.05, 0) is 84.6 Å². The van der Waals surface area contributed by atoms with Crippen LogP contribution in [0, 0.1) is 12.3 Å². The molecule has 3 aromatic carbocycles. The average Bonchev–Trinajstić information content (AvgIpc) is 3.67. The number of pyridine rings is 1. The number of thioether (sulfide) groups is 1. The van der Waals surface area contributed by atoms with Gasteiger partial charge in [-0.15, -0.1) is 0 Å². The number of rotatable bonds is 11. The van der Waals surface area contributed by atoms with Crippen molar-refractivity contribution in [2.24, 2.45) is 5.41 Å². The molecule has 1 aliphatic rings. The second kappa shape index (κ2) is 11.8. The zero-order valence-corrected chi connectivity index (χ0v) is 23.1. The minimum atomic E-state index is -0.684. The molecule has 38 heavy (non-hydrogen) atoms. The van der Waals surface area contributed by atoms with Crippen molar-refractivity contribution in [2.75, 3.05) is 5.75 Å². The maximum Gasteiger partial charge on any atom is 0.303 e. The van der Waals surface area contributed by atoms with Crippen molar-refractivity contribution in [3.63, 3.8) is 0 Å². The number of carbonyl (C=O) groups is 1. The lowest BCUT2D eigenvalue weighted by Crippen LogP contribution is -2.12. The molecular formula is C33H32ClNO2S. The van der Waals surface area contributed by atoms with Gasteiger partial charge in [0.25, 0.3) is 0 Å². The number of hydrogen-bond acceptors (Lipinski definition) is 3. The van der Waals surface area contributed by atoms with Crippen LogP contribution in [0.25, 0.3) is 23.1 Å². The molecule has 5 rings (SSSR count). The number of nitrogens with zero attached hydrogens (tertiary/aromatic N) is 1. The number of aromatic nitrogens is 1. The van der Waals surface area contributed by atoms with E-state index < -0.39 is 5.97 Å². The summed E-state index contributed by atoms with van der Waals surface area (Å²) in [5, 5.41) is 11.4. The number of aliphatic carboxylic acids is 1. The SMILES string of the molecule is Cc1ccccc1CCC(SCC1(CC(=O)O)CC1)c1cccc(/C=C/c2ccc3ccc(Cl)cc3n2)c1. The van der Waals surface area contributed by atoms with Gasteiger partial charge in [-0.25, -0.2) is 4.98 Å². The fourth-order valence-electron chi connectivity index (χ4n) is 4.91. The van der Waals surface area contributed by atoms with Gasteiger partial charge in [0.1, 0.15) is 0 Å². The summed E-state index contributed by atoms with van der Waals surface area (Å²) in [7, 11) is 0. The molecule has 1 heterocycles. The Morgan fingerprint density at radius 2 is 1.87 bits per heavy atom. The van der Waals surface area contributed by atoms with Crippen LogP contribution in [0.4, 0.5) is 0 Å². The highest BCUT2D eigenvalue weighted by atomic mass is 35.5. The molecule has 194 valence electrons. The molecule has 1 unspecified atom stereocenters. The van der Waals surface area contributed by atoms with E-state index in [0.29, 0.717) is 10.3 Å². The first-order chi connectivity index (χ1) is 18.4. The van der Waals surface area contributed by atoms with Crippen LogP contribution >= 0.6 is 23.4 Å². The van der Waals surface area contributed by atoms with Crippen molar-refractivity contribution in [3.8, 4) is 0 Å². The van der Waals surface area contributed by atoms with Gasteiger partial charge in [-0.3, -0.25) is 4.79 Å². The summed E-state index contributed by atoms with van der Waals surface area (Å²) in [6, 6.07) is 27.1. The van der Waals surface area contributed by atoms with E-state index in [4.69, 9.17) is 16.6 Å². The normalized spacial score (nSPS) is 15.1. The molecule has 1 N–H and O–H groups in total. The maximum atomic E-state index is 11.4. The Kier molecular flexibility index (Phi) is 8.21. The van der Waals surface area contributed by atoms with Crippen LogP contribution in [0.15, 0.2) is 78.9 Å². The van der Waals surface area contributed by atoms with Gasteiger partial charge in [0.05, 0.1) is 17.6 Å². The van der Waals surface area contributed by atoms with Crippen LogP contribution in [0.3, 0.4) is 0 Å². The lowest BCUT2D eigenvalue weighted by atomic mass is 9.99. The Hall–Kier alpha value is -3.08. The van der Waals surface area contributed by atoms with Crippen molar-refractivity contribution < 1.29 is 9.90 Å². The highest BCUT2D eigenvalue weighted by Gasteiger charge is 2.44. The Morgan fingerprint density at radius 1 is 1.05 bits per heavy atom. The van der Waals surface area contributed by atoms with E-state index >= 15 is 0 Å². The van der Waals surface area contributed by atoms with E-state index in [-0.39, 0.29) is 11.8 Å². The van der Waals surface area contributed by atoms with E-state index in [9.17, 15) is 9.90 Å². The number of halogens is 1. The van der Waals surface area contributed by atoms with Gasteiger partial charge in [-0.2, -0.15) is 11.8 Å². The summed E-state index contributed by atoms with van der Waals surface area (Å²) < 4.78 is 0. The quantitative estimate of drug-likeness (QED) is 0.206. The summed E-state index contributed by atoms with van der Waals surface area (Å²) in [6.45, 7) is 2.17. The van der Waals surface area contributed by atoms with Crippen LogP contribution < -0.4 is 0 Å². The number of carboxylic acids is 1. The second-order valence-corrected chi connectivity index (χ2v) is 12.0. The van der Waals surface area contributed by atoms with Crippen molar-refractivity contribution in [1.82, 2.24) is 4.98 Å². The summed E-state index contributed by atoms with van der Waals surface area (Å²) in [5.74, 6) is 0.206. The zero-order chi connectivity index (χ0) is 26.5. The Balaban J connectivity index is 1.35. The molecule has 0 amide bonds. The van der Waals surface area contributed by atoms with Gasteiger partial charge in [0, 0.05) is 21.4 Å². The predicted molar refractivity (Wildman–Crippen MR) is 161 cm³/mol. The predicted octanol–water partition coefficient (Wildman–Crippen LogP) is 9.03. The number of benzene rings is 3. The number of hydrogen-bond donors (Lipinski definition) is 1. The van der Waals surface area contributed by atoms with E-state index in [1.807, 2.05) is 42.1 Å². The molecule has 4 aromatic rings. The summed E-state index contributed by atoms with van der Waals surface area (Å²) in [4.78, 5) is 16.2. The molecule has 0 aliphatic heterocycles. The van der Waals surface area contributed by atoms with Crippen molar-refractivity contribution in [3.05, 3.63) is 112 Å². The van der Waals surface area contributed by atoms with Gasteiger partial charge < -0.3 is 5.11 Å². The maximum absolute atomic E-state index is 11.4. The van der Waals surface area contributed by atoms with Crippen molar-refractivity contribution in [1.29, 1.82) is 0 Å². The van der Waals surface area contributed by atoms with Gasteiger partial charge in [0.2, 0.25) is 0 Å². The second-order valence-electron chi connectivity index (χ2n) is 10.4. The van der Waals surface area contributed by atoms with Crippen LogP contribution in [0.5, 0.6) is 0 Å². The molecule has 0 radical (unpaired) electrons. The van der Waals surface area contributed by atoms with E-state index in [0.717, 1.165) is 53.6 Å². The lowest BCUT2D eigenvalue weighted by molar-refractivity contribution is -0.138. The van der Waals surface area contributed by atoms with Crippen LogP contribution in [-0.4, -0.2) is 21.8 Å². The average molecular weight is 542 g/mol.